The Labute approximate surface area is 344 Å². The number of fused-ring (bicyclic) bond motifs is 2. The number of aromatic amines is 1. The van der Waals surface area contributed by atoms with E-state index in [1.54, 1.807) is 24.4 Å². The second kappa shape index (κ2) is 20.0. The summed E-state index contributed by atoms with van der Waals surface area (Å²) in [5, 5.41) is 21.9. The molecule has 58 heavy (non-hydrogen) atoms. The number of aryl methyl sites for hydroxylation is 1. The molecule has 0 amide bonds. The SMILES string of the molecule is CCCCC[C@H](C)CCC1(/C=C/C(=O)CCc2ccc(O)c(OCCc3ccc(O)c([C@H]4CC(=O)c5cc[nH]c5CC#Cc5cc(C(N)N)ccc54)c3)c2)CCCC1. The standard InChI is InChI=1S/C50H61N3O5/c1-3-4-5-9-34(2)20-26-50(24-6-7-25-50)27-21-39(54)16-12-35-14-19-46(56)48(31-35)58-29-23-36-13-18-45(55)43(30-36)42-33-47(57)41-22-28-53-44(41)11-8-10-37-32-38(49(51)52)15-17-40(37)42/h13-15,17-19,21-22,27-28,30-32,34,42,49,53,55-56H,3-7,9,11-12,16,20,23-26,29,33,51-52H2,1-2H3/b27-21+/t34-,42-/m0/s1. The molecule has 1 aromatic heterocycles. The number of carbonyl (C=O) groups excluding carboxylic acids is 2. The normalized spacial score (nSPS) is 16.8. The number of ether oxygens (including phenoxy) is 1. The van der Waals surface area contributed by atoms with Crippen LogP contribution in [-0.2, 0) is 24.1 Å². The molecule has 8 heteroatoms. The van der Waals surface area contributed by atoms with Crippen LogP contribution in [0.15, 0.2) is 79.0 Å². The van der Waals surface area contributed by atoms with E-state index in [1.165, 1.54) is 57.8 Å². The van der Waals surface area contributed by atoms with Gasteiger partial charge >= 0.3 is 0 Å². The summed E-state index contributed by atoms with van der Waals surface area (Å²) >= 11 is 0. The molecule has 8 nitrogen and oxygen atoms in total. The molecule has 0 unspecified atom stereocenters. The van der Waals surface area contributed by atoms with E-state index < -0.39 is 12.1 Å². The van der Waals surface area contributed by atoms with Gasteiger partial charge in [0.25, 0.3) is 0 Å². The molecule has 6 rings (SSSR count). The summed E-state index contributed by atoms with van der Waals surface area (Å²) in [4.78, 5) is 30.0. The molecule has 1 heterocycles. The highest BCUT2D eigenvalue weighted by atomic mass is 16.5. The van der Waals surface area contributed by atoms with Crippen LogP contribution in [0.5, 0.6) is 17.2 Å². The van der Waals surface area contributed by atoms with E-state index in [4.69, 9.17) is 16.2 Å². The first-order chi connectivity index (χ1) is 28.0. The Balaban J connectivity index is 1.10. The third-order valence-electron chi connectivity index (χ3n) is 12.3. The highest BCUT2D eigenvalue weighted by molar-refractivity contribution is 5.98. The number of hydrogen-bond donors (Lipinski definition) is 5. The number of unbranched alkanes of at least 4 members (excludes halogenated alkanes) is 2. The number of aromatic hydroxyl groups is 2. The molecule has 0 aliphatic heterocycles. The van der Waals surface area contributed by atoms with Crippen molar-refractivity contribution < 1.29 is 24.5 Å². The summed E-state index contributed by atoms with van der Waals surface area (Å²) in [6.07, 6.45) is 19.5. The first kappa shape index (κ1) is 42.5. The van der Waals surface area contributed by atoms with Crippen LogP contribution in [0.2, 0.25) is 0 Å². The fourth-order valence-corrected chi connectivity index (χ4v) is 8.68. The molecule has 2 atom stereocenters. The zero-order valence-corrected chi connectivity index (χ0v) is 34.3. The largest absolute Gasteiger partial charge is 0.508 e. The maximum absolute atomic E-state index is 13.7. The number of Topliss-reactive ketones (excluding diaryl/α,β-unsaturated/α-hetero) is 1. The van der Waals surface area contributed by atoms with Crippen LogP contribution in [0.1, 0.15) is 152 Å². The molecule has 4 aromatic rings. The summed E-state index contributed by atoms with van der Waals surface area (Å²) in [5.74, 6) is 7.26. The summed E-state index contributed by atoms with van der Waals surface area (Å²) in [6.45, 7) is 4.89. The van der Waals surface area contributed by atoms with E-state index in [-0.39, 0.29) is 41.5 Å². The number of hydrogen-bond acceptors (Lipinski definition) is 7. The summed E-state index contributed by atoms with van der Waals surface area (Å²) in [7, 11) is 0. The van der Waals surface area contributed by atoms with Crippen LogP contribution in [0.25, 0.3) is 0 Å². The second-order valence-corrected chi connectivity index (χ2v) is 16.7. The van der Waals surface area contributed by atoms with Gasteiger partial charge in [-0.05, 0) is 102 Å². The molecule has 0 spiro atoms. The van der Waals surface area contributed by atoms with Gasteiger partial charge in [-0.15, -0.1) is 0 Å². The number of H-pyrrole nitrogens is 1. The predicted molar refractivity (Wildman–Crippen MR) is 231 cm³/mol. The van der Waals surface area contributed by atoms with Crippen molar-refractivity contribution in [3.8, 4) is 29.1 Å². The minimum Gasteiger partial charge on any atom is -0.508 e. The van der Waals surface area contributed by atoms with Crippen molar-refractivity contribution >= 4 is 11.6 Å². The minimum absolute atomic E-state index is 0.0342. The van der Waals surface area contributed by atoms with E-state index in [0.717, 1.165) is 40.3 Å². The molecule has 1 saturated carbocycles. The van der Waals surface area contributed by atoms with Gasteiger partial charge in [-0.3, -0.25) is 9.59 Å². The van der Waals surface area contributed by atoms with E-state index in [0.29, 0.717) is 48.1 Å². The molecular formula is C50H61N3O5. The maximum Gasteiger partial charge on any atom is 0.165 e. The fraction of sp³-hybridized carbons (Fsp3) is 0.440. The van der Waals surface area contributed by atoms with Crippen LogP contribution in [0.4, 0.5) is 0 Å². The molecular weight excluding hydrogens is 723 g/mol. The predicted octanol–water partition coefficient (Wildman–Crippen LogP) is 9.89. The van der Waals surface area contributed by atoms with Gasteiger partial charge in [-0.2, -0.15) is 0 Å². The van der Waals surface area contributed by atoms with Crippen LogP contribution >= 0.6 is 0 Å². The summed E-state index contributed by atoms with van der Waals surface area (Å²) in [6, 6.07) is 18.1. The molecule has 7 N–H and O–H groups in total. The fourth-order valence-electron chi connectivity index (χ4n) is 8.68. The molecule has 306 valence electrons. The topological polar surface area (TPSA) is 152 Å². The van der Waals surface area contributed by atoms with Gasteiger partial charge in [0, 0.05) is 53.8 Å². The van der Waals surface area contributed by atoms with Crippen LogP contribution in [-0.4, -0.2) is 33.4 Å². The first-order valence-electron chi connectivity index (χ1n) is 21.4. The molecule has 0 bridgehead atoms. The Hall–Kier alpha value is -5.10. The number of benzene rings is 3. The quantitative estimate of drug-likeness (QED) is 0.0292. The van der Waals surface area contributed by atoms with Gasteiger partial charge in [0.05, 0.1) is 19.2 Å². The lowest BCUT2D eigenvalue weighted by Crippen LogP contribution is -2.20. The maximum atomic E-state index is 13.7. The lowest BCUT2D eigenvalue weighted by Gasteiger charge is -2.27. The number of nitrogens with one attached hydrogen (secondary N) is 1. The number of allylic oxidation sites excluding steroid dienone is 2. The van der Waals surface area contributed by atoms with Gasteiger partial charge in [-0.1, -0.05) is 101 Å². The molecule has 0 saturated heterocycles. The van der Waals surface area contributed by atoms with Crippen LogP contribution in [0.3, 0.4) is 0 Å². The number of rotatable bonds is 18. The van der Waals surface area contributed by atoms with Crippen molar-refractivity contribution in [1.29, 1.82) is 0 Å². The Morgan fingerprint density at radius 1 is 0.966 bits per heavy atom. The highest BCUT2D eigenvalue weighted by Gasteiger charge is 2.31. The van der Waals surface area contributed by atoms with Gasteiger partial charge in [0.2, 0.25) is 0 Å². The Morgan fingerprint density at radius 2 is 1.74 bits per heavy atom. The van der Waals surface area contributed by atoms with E-state index in [2.05, 4.69) is 36.7 Å². The van der Waals surface area contributed by atoms with Crippen molar-refractivity contribution in [2.75, 3.05) is 6.61 Å². The van der Waals surface area contributed by atoms with E-state index >= 15 is 0 Å². The number of phenolic OH excluding ortho intramolecular Hbond substituents is 2. The molecule has 1 fully saturated rings. The Bertz CT molecular complexity index is 2130. The third kappa shape index (κ3) is 11.1. The van der Waals surface area contributed by atoms with E-state index in [9.17, 15) is 19.8 Å². The minimum atomic E-state index is -0.683. The lowest BCUT2D eigenvalue weighted by molar-refractivity contribution is -0.114. The number of aromatic nitrogens is 1. The summed E-state index contributed by atoms with van der Waals surface area (Å²) in [5.41, 5.74) is 18.2. The monoisotopic (exact) mass is 783 g/mol. The van der Waals surface area contributed by atoms with Crippen molar-refractivity contribution in [3.63, 3.8) is 0 Å². The molecule has 0 radical (unpaired) electrons. The van der Waals surface area contributed by atoms with Crippen molar-refractivity contribution in [2.24, 2.45) is 22.8 Å². The molecule has 3 aromatic carbocycles. The van der Waals surface area contributed by atoms with Crippen LogP contribution in [0, 0.1) is 23.2 Å². The van der Waals surface area contributed by atoms with Crippen LogP contribution < -0.4 is 16.2 Å². The number of phenols is 2. The third-order valence-corrected chi connectivity index (χ3v) is 12.3. The summed E-state index contributed by atoms with van der Waals surface area (Å²) < 4.78 is 6.10. The van der Waals surface area contributed by atoms with Crippen molar-refractivity contribution in [3.05, 3.63) is 124 Å². The Kier molecular flexibility index (Phi) is 14.7. The molecule has 2 aliphatic carbocycles. The van der Waals surface area contributed by atoms with Crippen molar-refractivity contribution in [2.45, 2.75) is 122 Å². The smallest absolute Gasteiger partial charge is 0.165 e. The lowest BCUT2D eigenvalue weighted by atomic mass is 9.78. The van der Waals surface area contributed by atoms with Gasteiger partial charge in [-0.25, -0.2) is 0 Å². The average molecular weight is 784 g/mol. The number of carbonyl (C=O) groups is 2. The zero-order valence-electron chi connectivity index (χ0n) is 34.3. The number of ketones is 2. The first-order valence-corrected chi connectivity index (χ1v) is 21.4. The van der Waals surface area contributed by atoms with Gasteiger partial charge < -0.3 is 31.4 Å². The zero-order chi connectivity index (χ0) is 41.1. The van der Waals surface area contributed by atoms with Gasteiger partial charge in [0.15, 0.2) is 23.1 Å². The van der Waals surface area contributed by atoms with Gasteiger partial charge in [0.1, 0.15) is 5.75 Å². The molecule has 2 aliphatic rings. The number of nitrogens with two attached hydrogens (primary N) is 2. The second-order valence-electron chi connectivity index (χ2n) is 16.7. The van der Waals surface area contributed by atoms with E-state index in [1.807, 2.05) is 48.5 Å². The highest BCUT2D eigenvalue weighted by Crippen LogP contribution is 2.44. The average Bonchev–Trinajstić information content (AvgIpc) is 3.90. The van der Waals surface area contributed by atoms with Crippen molar-refractivity contribution in [1.82, 2.24) is 4.98 Å². The Morgan fingerprint density at radius 3 is 2.52 bits per heavy atom.